The van der Waals surface area contributed by atoms with Crippen LogP contribution in [0.15, 0.2) is 42.5 Å². The van der Waals surface area contributed by atoms with Crippen LogP contribution in [0.25, 0.3) is 0 Å². The molecule has 0 aliphatic carbocycles. The number of amides is 4. The second-order valence-electron chi connectivity index (χ2n) is 11.3. The molecule has 0 saturated heterocycles. The molecule has 2 aliphatic rings. The fraction of sp³-hybridized carbons (Fsp3) is 0.419. The molecular weight excluding hydrogens is 518 g/mol. The lowest BCUT2D eigenvalue weighted by Crippen LogP contribution is -2.35. The van der Waals surface area contributed by atoms with Crippen molar-refractivity contribution in [2.24, 2.45) is 0 Å². The smallest absolute Gasteiger partial charge is 0.321 e. The molecule has 3 aromatic rings. The van der Waals surface area contributed by atoms with Crippen LogP contribution < -0.4 is 20.4 Å². The summed E-state index contributed by atoms with van der Waals surface area (Å²) in [6.07, 6.45) is 2.71. The maximum absolute atomic E-state index is 13.4. The molecule has 0 radical (unpaired) electrons. The van der Waals surface area contributed by atoms with Crippen molar-refractivity contribution < 1.29 is 14.4 Å². The number of hydrogen-bond acceptors (Lipinski definition) is 5. The quantitative estimate of drug-likeness (QED) is 0.469. The van der Waals surface area contributed by atoms with Crippen LogP contribution in [0.1, 0.15) is 66.1 Å². The first-order chi connectivity index (χ1) is 19.6. The van der Waals surface area contributed by atoms with Gasteiger partial charge < -0.3 is 25.3 Å². The Morgan fingerprint density at radius 2 is 1.78 bits per heavy atom. The molecule has 10 nitrogen and oxygen atoms in total. The number of carbonyl (C=O) groups is 3. The molecule has 4 amide bonds. The van der Waals surface area contributed by atoms with E-state index in [1.165, 1.54) is 10.5 Å². The Morgan fingerprint density at radius 1 is 1.02 bits per heavy atom. The van der Waals surface area contributed by atoms with E-state index in [1.807, 2.05) is 33.8 Å². The third kappa shape index (κ3) is 5.91. The summed E-state index contributed by atoms with van der Waals surface area (Å²) in [5, 5.41) is 10.6. The molecule has 0 atom stereocenters. The van der Waals surface area contributed by atoms with Gasteiger partial charge in [-0.15, -0.1) is 0 Å². The molecule has 2 N–H and O–H groups in total. The van der Waals surface area contributed by atoms with Gasteiger partial charge in [0.05, 0.1) is 0 Å². The highest BCUT2D eigenvalue weighted by Crippen LogP contribution is 2.34. The number of anilines is 3. The number of benzene rings is 2. The molecule has 0 saturated carbocycles. The zero-order chi connectivity index (χ0) is 29.3. The summed E-state index contributed by atoms with van der Waals surface area (Å²) < 4.78 is 1.99. The van der Waals surface area contributed by atoms with Crippen molar-refractivity contribution in [2.45, 2.75) is 59.2 Å². The molecule has 1 aromatic heterocycles. The van der Waals surface area contributed by atoms with Crippen LogP contribution in [-0.2, 0) is 30.7 Å². The minimum absolute atomic E-state index is 0.0742. The second kappa shape index (κ2) is 11.6. The van der Waals surface area contributed by atoms with Gasteiger partial charge in [0, 0.05) is 88.0 Å². The summed E-state index contributed by atoms with van der Waals surface area (Å²) in [5.74, 6) is -0.125. The Hall–Kier alpha value is -4.34. The van der Waals surface area contributed by atoms with Gasteiger partial charge in [0.1, 0.15) is 0 Å². The molecule has 0 unspecified atom stereocenters. The molecule has 3 heterocycles. The van der Waals surface area contributed by atoms with Gasteiger partial charge in [0.2, 0.25) is 5.91 Å². The molecule has 0 spiro atoms. The summed E-state index contributed by atoms with van der Waals surface area (Å²) in [7, 11) is 3.38. The standard InChI is InChI=1S/C31H39N7O3/c1-20(2)38-28-14-16-36(25-12-13-27-23(17-25)7-6-15-37(27)21(3)39)19-26(28)29(34-38)30(40)32-18-22-8-10-24(11-9-22)33-31(41)35(4)5/h8-13,17,20H,6-7,14-16,18-19H2,1-5H3,(H,32,40)(H,33,41). The van der Waals surface area contributed by atoms with Gasteiger partial charge in [-0.2, -0.15) is 5.10 Å². The molecule has 2 aliphatic heterocycles. The van der Waals surface area contributed by atoms with E-state index in [-0.39, 0.29) is 23.9 Å². The van der Waals surface area contributed by atoms with Crippen LogP contribution >= 0.6 is 0 Å². The van der Waals surface area contributed by atoms with Crippen LogP contribution in [0.3, 0.4) is 0 Å². The molecule has 5 rings (SSSR count). The van der Waals surface area contributed by atoms with E-state index in [2.05, 4.69) is 47.6 Å². The Kier molecular flexibility index (Phi) is 8.01. The number of urea groups is 1. The van der Waals surface area contributed by atoms with Crippen molar-refractivity contribution in [3.63, 3.8) is 0 Å². The Balaban J connectivity index is 1.32. The highest BCUT2D eigenvalue weighted by atomic mass is 16.2. The lowest BCUT2D eigenvalue weighted by molar-refractivity contribution is -0.116. The van der Waals surface area contributed by atoms with E-state index < -0.39 is 0 Å². The van der Waals surface area contributed by atoms with Gasteiger partial charge in [0.25, 0.3) is 5.91 Å². The monoisotopic (exact) mass is 557 g/mol. The molecule has 0 fully saturated rings. The largest absolute Gasteiger partial charge is 0.367 e. The third-order valence-electron chi connectivity index (χ3n) is 7.78. The first kappa shape index (κ1) is 28.2. The first-order valence-corrected chi connectivity index (χ1v) is 14.2. The van der Waals surface area contributed by atoms with Crippen molar-refractivity contribution in [3.8, 4) is 0 Å². The fourth-order valence-electron chi connectivity index (χ4n) is 5.59. The van der Waals surface area contributed by atoms with Crippen molar-refractivity contribution >= 4 is 34.9 Å². The Morgan fingerprint density at radius 3 is 2.46 bits per heavy atom. The van der Waals surface area contributed by atoms with E-state index in [0.29, 0.717) is 24.5 Å². The van der Waals surface area contributed by atoms with Crippen molar-refractivity contribution in [1.82, 2.24) is 20.0 Å². The van der Waals surface area contributed by atoms with E-state index >= 15 is 0 Å². The van der Waals surface area contributed by atoms with E-state index in [1.54, 1.807) is 21.0 Å². The lowest BCUT2D eigenvalue weighted by atomic mass is 9.99. The topological polar surface area (TPSA) is 103 Å². The van der Waals surface area contributed by atoms with E-state index in [0.717, 1.165) is 60.5 Å². The molecule has 216 valence electrons. The zero-order valence-electron chi connectivity index (χ0n) is 24.5. The number of aryl methyl sites for hydroxylation is 1. The number of aromatic nitrogens is 2. The summed E-state index contributed by atoms with van der Waals surface area (Å²) >= 11 is 0. The zero-order valence-corrected chi connectivity index (χ0v) is 24.5. The average Bonchev–Trinajstić information content (AvgIpc) is 3.35. The van der Waals surface area contributed by atoms with E-state index in [4.69, 9.17) is 5.10 Å². The number of nitrogens with one attached hydrogen (secondary N) is 2. The molecule has 10 heteroatoms. The summed E-state index contributed by atoms with van der Waals surface area (Å²) in [4.78, 5) is 43.1. The number of carbonyl (C=O) groups excluding carboxylic acids is 3. The van der Waals surface area contributed by atoms with Crippen LogP contribution in [-0.4, -0.2) is 59.7 Å². The Labute approximate surface area is 241 Å². The van der Waals surface area contributed by atoms with Gasteiger partial charge in [-0.1, -0.05) is 12.1 Å². The van der Waals surface area contributed by atoms with Gasteiger partial charge >= 0.3 is 6.03 Å². The Bertz CT molecular complexity index is 1460. The maximum atomic E-state index is 13.4. The van der Waals surface area contributed by atoms with Gasteiger partial charge in [0.15, 0.2) is 5.69 Å². The minimum atomic E-state index is -0.199. The van der Waals surface area contributed by atoms with Crippen molar-refractivity contribution in [2.75, 3.05) is 42.3 Å². The second-order valence-corrected chi connectivity index (χ2v) is 11.3. The number of rotatable bonds is 6. The third-order valence-corrected chi connectivity index (χ3v) is 7.78. The van der Waals surface area contributed by atoms with Crippen LogP contribution in [0.5, 0.6) is 0 Å². The molecule has 2 aromatic carbocycles. The fourth-order valence-corrected chi connectivity index (χ4v) is 5.59. The number of hydrogen-bond donors (Lipinski definition) is 2. The predicted octanol–water partition coefficient (Wildman–Crippen LogP) is 4.35. The highest BCUT2D eigenvalue weighted by Gasteiger charge is 2.30. The maximum Gasteiger partial charge on any atom is 0.321 e. The van der Waals surface area contributed by atoms with Crippen molar-refractivity contribution in [1.29, 1.82) is 0 Å². The first-order valence-electron chi connectivity index (χ1n) is 14.2. The van der Waals surface area contributed by atoms with Gasteiger partial charge in [-0.3, -0.25) is 14.3 Å². The van der Waals surface area contributed by atoms with Gasteiger partial charge in [-0.05, 0) is 68.1 Å². The van der Waals surface area contributed by atoms with Crippen LogP contribution in [0.4, 0.5) is 21.9 Å². The minimum Gasteiger partial charge on any atom is -0.367 e. The predicted molar refractivity (Wildman–Crippen MR) is 160 cm³/mol. The normalized spacial score (nSPS) is 14.4. The highest BCUT2D eigenvalue weighted by molar-refractivity contribution is 5.95. The van der Waals surface area contributed by atoms with Crippen LogP contribution in [0.2, 0.25) is 0 Å². The van der Waals surface area contributed by atoms with Crippen LogP contribution in [0, 0.1) is 0 Å². The summed E-state index contributed by atoms with van der Waals surface area (Å²) in [6.45, 7) is 8.34. The van der Waals surface area contributed by atoms with E-state index in [9.17, 15) is 14.4 Å². The van der Waals surface area contributed by atoms with Gasteiger partial charge in [-0.25, -0.2) is 4.79 Å². The lowest BCUT2D eigenvalue weighted by Gasteiger charge is -2.33. The number of fused-ring (bicyclic) bond motifs is 2. The number of nitrogens with zero attached hydrogens (tertiary/aromatic N) is 5. The van der Waals surface area contributed by atoms with Crippen molar-refractivity contribution in [3.05, 3.63) is 70.5 Å². The molecular formula is C31H39N7O3. The SMILES string of the molecule is CC(=O)N1CCCc2cc(N3CCc4c(c(C(=O)NCc5ccc(NC(=O)N(C)C)cc5)nn4C(C)C)C3)ccc21. The molecule has 0 bridgehead atoms. The molecule has 41 heavy (non-hydrogen) atoms. The average molecular weight is 558 g/mol. The summed E-state index contributed by atoms with van der Waals surface area (Å²) in [6, 6.07) is 13.7. The summed E-state index contributed by atoms with van der Waals surface area (Å²) in [5.41, 5.74) is 7.46.